The zero-order chi connectivity index (χ0) is 15.1. The second kappa shape index (κ2) is 7.96. The summed E-state index contributed by atoms with van der Waals surface area (Å²) in [6.07, 6.45) is 1.14. The number of furan rings is 1. The molecule has 21 heavy (non-hydrogen) atoms. The smallest absolute Gasteiger partial charge is 0.118 e. The molecule has 0 spiro atoms. The van der Waals surface area contributed by atoms with Crippen LogP contribution in [0.4, 0.5) is 0 Å². The van der Waals surface area contributed by atoms with E-state index in [1.807, 2.05) is 13.0 Å². The first kappa shape index (κ1) is 15.7. The van der Waals surface area contributed by atoms with Crippen LogP contribution in [-0.4, -0.2) is 23.5 Å². The first-order valence-corrected chi connectivity index (χ1v) is 7.56. The molecular formula is C17H25N3O. The fourth-order valence-corrected chi connectivity index (χ4v) is 2.28. The molecule has 2 aromatic heterocycles. The van der Waals surface area contributed by atoms with Crippen LogP contribution in [0.3, 0.4) is 0 Å². The standard InChI is InChI=1S/C17H25N3O/c1-4-10-18-11-16-8-9-17(21-16)13-20(3)12-15-7-5-6-14(2)19-15/h5-9,18H,4,10-13H2,1-3H3. The molecule has 4 heteroatoms. The Morgan fingerprint density at radius 2 is 1.95 bits per heavy atom. The van der Waals surface area contributed by atoms with Crippen molar-refractivity contribution in [1.29, 1.82) is 0 Å². The zero-order valence-corrected chi connectivity index (χ0v) is 13.2. The normalized spacial score (nSPS) is 11.2. The summed E-state index contributed by atoms with van der Waals surface area (Å²) in [5, 5.41) is 3.35. The fourth-order valence-electron chi connectivity index (χ4n) is 2.28. The van der Waals surface area contributed by atoms with E-state index in [0.717, 1.165) is 55.5 Å². The van der Waals surface area contributed by atoms with Gasteiger partial charge in [0, 0.05) is 12.2 Å². The van der Waals surface area contributed by atoms with Gasteiger partial charge in [-0.1, -0.05) is 13.0 Å². The van der Waals surface area contributed by atoms with Crippen molar-refractivity contribution < 1.29 is 4.42 Å². The number of nitrogens with zero attached hydrogens (tertiary/aromatic N) is 2. The molecule has 0 saturated heterocycles. The van der Waals surface area contributed by atoms with E-state index in [2.05, 4.69) is 53.4 Å². The summed E-state index contributed by atoms with van der Waals surface area (Å²) >= 11 is 0. The lowest BCUT2D eigenvalue weighted by atomic mass is 10.3. The maximum Gasteiger partial charge on any atom is 0.118 e. The summed E-state index contributed by atoms with van der Waals surface area (Å²) in [7, 11) is 2.08. The van der Waals surface area contributed by atoms with Gasteiger partial charge in [-0.25, -0.2) is 0 Å². The number of hydrogen-bond acceptors (Lipinski definition) is 4. The molecule has 0 saturated carbocycles. The molecule has 1 N–H and O–H groups in total. The highest BCUT2D eigenvalue weighted by Crippen LogP contribution is 2.11. The molecule has 0 bridgehead atoms. The molecule has 0 aliphatic rings. The molecule has 2 rings (SSSR count). The van der Waals surface area contributed by atoms with E-state index in [1.165, 1.54) is 0 Å². The van der Waals surface area contributed by atoms with Crippen molar-refractivity contribution in [2.45, 2.75) is 39.9 Å². The van der Waals surface area contributed by atoms with Crippen LogP contribution in [0, 0.1) is 6.92 Å². The van der Waals surface area contributed by atoms with E-state index in [-0.39, 0.29) is 0 Å². The number of nitrogens with one attached hydrogen (secondary N) is 1. The summed E-state index contributed by atoms with van der Waals surface area (Å²) in [5.41, 5.74) is 2.15. The van der Waals surface area contributed by atoms with Gasteiger partial charge in [-0.3, -0.25) is 9.88 Å². The maximum atomic E-state index is 5.84. The Morgan fingerprint density at radius 1 is 1.14 bits per heavy atom. The van der Waals surface area contributed by atoms with Crippen molar-refractivity contribution in [2.75, 3.05) is 13.6 Å². The molecule has 114 valence electrons. The van der Waals surface area contributed by atoms with Crippen LogP contribution < -0.4 is 5.32 Å². The van der Waals surface area contributed by atoms with Crippen molar-refractivity contribution in [3.8, 4) is 0 Å². The number of aromatic nitrogens is 1. The molecule has 0 unspecified atom stereocenters. The van der Waals surface area contributed by atoms with E-state index in [9.17, 15) is 0 Å². The van der Waals surface area contributed by atoms with Crippen molar-refractivity contribution in [1.82, 2.24) is 15.2 Å². The molecule has 0 aromatic carbocycles. The van der Waals surface area contributed by atoms with Gasteiger partial charge in [-0.2, -0.15) is 0 Å². The Bertz CT molecular complexity index is 550. The molecule has 0 fully saturated rings. The largest absolute Gasteiger partial charge is 0.463 e. The number of pyridine rings is 1. The molecule has 0 radical (unpaired) electrons. The maximum absolute atomic E-state index is 5.84. The highest BCUT2D eigenvalue weighted by molar-refractivity contribution is 5.10. The van der Waals surface area contributed by atoms with Crippen molar-refractivity contribution in [2.24, 2.45) is 0 Å². The third-order valence-electron chi connectivity index (χ3n) is 3.25. The van der Waals surface area contributed by atoms with Gasteiger partial charge in [-0.15, -0.1) is 0 Å². The van der Waals surface area contributed by atoms with E-state index >= 15 is 0 Å². The van der Waals surface area contributed by atoms with Crippen LogP contribution in [0.15, 0.2) is 34.7 Å². The van der Waals surface area contributed by atoms with Gasteiger partial charge in [0.15, 0.2) is 0 Å². The summed E-state index contributed by atoms with van der Waals surface area (Å²) in [4.78, 5) is 6.74. The third-order valence-corrected chi connectivity index (χ3v) is 3.25. The average molecular weight is 287 g/mol. The molecular weight excluding hydrogens is 262 g/mol. The fraction of sp³-hybridized carbons (Fsp3) is 0.471. The SMILES string of the molecule is CCCNCc1ccc(CN(C)Cc2cccc(C)n2)o1. The Kier molecular flexibility index (Phi) is 5.96. The third kappa shape index (κ3) is 5.33. The molecule has 4 nitrogen and oxygen atoms in total. The Balaban J connectivity index is 1.83. The highest BCUT2D eigenvalue weighted by atomic mass is 16.3. The molecule has 0 aliphatic heterocycles. The van der Waals surface area contributed by atoms with Gasteiger partial charge in [0.1, 0.15) is 11.5 Å². The topological polar surface area (TPSA) is 41.3 Å². The zero-order valence-electron chi connectivity index (χ0n) is 13.2. The van der Waals surface area contributed by atoms with Gasteiger partial charge in [0.2, 0.25) is 0 Å². The van der Waals surface area contributed by atoms with Gasteiger partial charge >= 0.3 is 0 Å². The van der Waals surface area contributed by atoms with Crippen molar-refractivity contribution >= 4 is 0 Å². The summed E-state index contributed by atoms with van der Waals surface area (Å²) in [6.45, 7) is 7.63. The van der Waals surface area contributed by atoms with Crippen LogP contribution in [0.5, 0.6) is 0 Å². The second-order valence-corrected chi connectivity index (χ2v) is 5.49. The first-order valence-electron chi connectivity index (χ1n) is 7.56. The number of aryl methyl sites for hydroxylation is 1. The van der Waals surface area contributed by atoms with Crippen molar-refractivity contribution in [3.05, 3.63) is 53.2 Å². The number of rotatable bonds is 8. The van der Waals surface area contributed by atoms with Crippen LogP contribution in [0.2, 0.25) is 0 Å². The molecule has 2 heterocycles. The predicted octanol–water partition coefficient (Wildman–Crippen LogP) is 3.11. The number of hydrogen-bond donors (Lipinski definition) is 1. The lowest BCUT2D eigenvalue weighted by Crippen LogP contribution is -2.17. The van der Waals surface area contributed by atoms with Crippen LogP contribution in [0.25, 0.3) is 0 Å². The lowest BCUT2D eigenvalue weighted by Gasteiger charge is -2.14. The average Bonchev–Trinajstić information content (AvgIpc) is 2.86. The van der Waals surface area contributed by atoms with E-state index < -0.39 is 0 Å². The van der Waals surface area contributed by atoms with Crippen LogP contribution >= 0.6 is 0 Å². The Hall–Kier alpha value is -1.65. The Labute approximate surface area is 127 Å². The minimum Gasteiger partial charge on any atom is -0.463 e. The Morgan fingerprint density at radius 3 is 2.71 bits per heavy atom. The van der Waals surface area contributed by atoms with Gasteiger partial charge in [-0.05, 0) is 51.2 Å². The summed E-state index contributed by atoms with van der Waals surface area (Å²) in [5.74, 6) is 2.00. The lowest BCUT2D eigenvalue weighted by molar-refractivity contribution is 0.279. The van der Waals surface area contributed by atoms with Crippen molar-refractivity contribution in [3.63, 3.8) is 0 Å². The minimum absolute atomic E-state index is 0.795. The first-order chi connectivity index (χ1) is 10.2. The van der Waals surface area contributed by atoms with E-state index in [1.54, 1.807) is 0 Å². The highest BCUT2D eigenvalue weighted by Gasteiger charge is 2.07. The van der Waals surface area contributed by atoms with E-state index in [4.69, 9.17) is 4.42 Å². The van der Waals surface area contributed by atoms with Gasteiger partial charge < -0.3 is 9.73 Å². The molecule has 0 aliphatic carbocycles. The second-order valence-electron chi connectivity index (χ2n) is 5.49. The summed E-state index contributed by atoms with van der Waals surface area (Å²) in [6, 6.07) is 10.2. The van der Waals surface area contributed by atoms with Gasteiger partial charge in [0.05, 0.1) is 18.8 Å². The monoisotopic (exact) mass is 287 g/mol. The minimum atomic E-state index is 0.795. The van der Waals surface area contributed by atoms with Gasteiger partial charge in [0.25, 0.3) is 0 Å². The summed E-state index contributed by atoms with van der Waals surface area (Å²) < 4.78 is 5.84. The molecule has 0 atom stereocenters. The van der Waals surface area contributed by atoms with Crippen LogP contribution in [-0.2, 0) is 19.6 Å². The predicted molar refractivity (Wildman–Crippen MR) is 84.9 cm³/mol. The van der Waals surface area contributed by atoms with Crippen LogP contribution in [0.1, 0.15) is 36.3 Å². The molecule has 2 aromatic rings. The quantitative estimate of drug-likeness (QED) is 0.757. The molecule has 0 amide bonds. The van der Waals surface area contributed by atoms with E-state index in [0.29, 0.717) is 0 Å².